The molecule has 2 rings (SSSR count). The molecule has 0 radical (unpaired) electrons. The fourth-order valence-corrected chi connectivity index (χ4v) is 2.41. The molecule has 1 aliphatic rings. The molecule has 17 heavy (non-hydrogen) atoms. The van der Waals surface area contributed by atoms with Crippen molar-refractivity contribution in [1.29, 1.82) is 0 Å². The number of aromatic hydroxyl groups is 1. The van der Waals surface area contributed by atoms with E-state index < -0.39 is 11.6 Å². The molecular formula is C12H14ClF2NO. The monoisotopic (exact) mass is 261 g/mol. The van der Waals surface area contributed by atoms with Gasteiger partial charge in [0.05, 0.1) is 5.02 Å². The zero-order chi connectivity index (χ0) is 12.4. The number of phenolic OH excluding ortho intramolecular Hbond substituents is 1. The van der Waals surface area contributed by atoms with E-state index in [1.807, 2.05) is 0 Å². The molecule has 0 bridgehead atoms. The van der Waals surface area contributed by atoms with Gasteiger partial charge in [-0.2, -0.15) is 0 Å². The number of hydrogen-bond donors (Lipinski definition) is 2. The lowest BCUT2D eigenvalue weighted by Gasteiger charge is -2.23. The van der Waals surface area contributed by atoms with E-state index >= 15 is 0 Å². The molecule has 1 aromatic rings. The van der Waals surface area contributed by atoms with Gasteiger partial charge in [-0.05, 0) is 44.3 Å². The average molecular weight is 262 g/mol. The quantitative estimate of drug-likeness (QED) is 0.803. The lowest BCUT2D eigenvalue weighted by molar-refractivity contribution is 0.357. The van der Waals surface area contributed by atoms with Crippen molar-refractivity contribution >= 4 is 11.6 Å². The molecule has 0 amide bonds. The Morgan fingerprint density at radius 2 is 2.00 bits per heavy atom. The van der Waals surface area contributed by atoms with Crippen LogP contribution in [0.25, 0.3) is 0 Å². The predicted molar refractivity (Wildman–Crippen MR) is 62.3 cm³/mol. The standard InChI is InChI=1S/C12H14ClF2NO/c13-9-6-10(14)11(15)8(12(9)17)5-7-1-3-16-4-2-7/h6-7,16-17H,1-5H2. The van der Waals surface area contributed by atoms with Gasteiger partial charge in [0.1, 0.15) is 5.75 Å². The first-order valence-electron chi connectivity index (χ1n) is 5.65. The largest absolute Gasteiger partial charge is 0.506 e. The molecule has 1 aliphatic heterocycles. The first-order chi connectivity index (χ1) is 8.09. The van der Waals surface area contributed by atoms with Crippen molar-refractivity contribution in [2.24, 2.45) is 5.92 Å². The number of nitrogens with one attached hydrogen (secondary N) is 1. The minimum atomic E-state index is -1.00. The highest BCUT2D eigenvalue weighted by Gasteiger charge is 2.22. The molecule has 0 aromatic heterocycles. The van der Waals surface area contributed by atoms with Gasteiger partial charge in [0.25, 0.3) is 0 Å². The average Bonchev–Trinajstić information content (AvgIpc) is 2.33. The van der Waals surface area contributed by atoms with Crippen LogP contribution >= 0.6 is 11.6 Å². The Morgan fingerprint density at radius 1 is 1.35 bits per heavy atom. The summed E-state index contributed by atoms with van der Waals surface area (Å²) in [4.78, 5) is 0. The summed E-state index contributed by atoms with van der Waals surface area (Å²) < 4.78 is 26.8. The van der Waals surface area contributed by atoms with E-state index in [-0.39, 0.29) is 22.3 Å². The number of piperidine rings is 1. The smallest absolute Gasteiger partial charge is 0.165 e. The Morgan fingerprint density at radius 3 is 2.65 bits per heavy atom. The van der Waals surface area contributed by atoms with Crippen molar-refractivity contribution in [2.75, 3.05) is 13.1 Å². The van der Waals surface area contributed by atoms with Crippen molar-refractivity contribution < 1.29 is 13.9 Å². The molecule has 0 unspecified atom stereocenters. The van der Waals surface area contributed by atoms with Gasteiger partial charge in [-0.25, -0.2) is 8.78 Å². The summed E-state index contributed by atoms with van der Waals surface area (Å²) in [5, 5.41) is 12.7. The molecule has 1 fully saturated rings. The Bertz CT molecular complexity index is 393. The van der Waals surface area contributed by atoms with Crippen LogP contribution in [0.4, 0.5) is 8.78 Å². The van der Waals surface area contributed by atoms with E-state index in [0.29, 0.717) is 6.42 Å². The first kappa shape index (κ1) is 12.6. The van der Waals surface area contributed by atoms with Crippen LogP contribution in [-0.2, 0) is 6.42 Å². The third-order valence-electron chi connectivity index (χ3n) is 3.19. The van der Waals surface area contributed by atoms with Crippen molar-refractivity contribution in [1.82, 2.24) is 5.32 Å². The van der Waals surface area contributed by atoms with E-state index in [0.717, 1.165) is 32.0 Å². The van der Waals surface area contributed by atoms with Gasteiger partial charge in [-0.3, -0.25) is 0 Å². The lowest BCUT2D eigenvalue weighted by Crippen LogP contribution is -2.28. The Hall–Kier alpha value is -0.870. The minimum Gasteiger partial charge on any atom is -0.506 e. The van der Waals surface area contributed by atoms with Gasteiger partial charge in [-0.1, -0.05) is 11.6 Å². The van der Waals surface area contributed by atoms with Crippen LogP contribution in [0.15, 0.2) is 6.07 Å². The van der Waals surface area contributed by atoms with Gasteiger partial charge in [0.2, 0.25) is 0 Å². The minimum absolute atomic E-state index is 0.00176. The number of phenols is 1. The molecule has 5 heteroatoms. The summed E-state index contributed by atoms with van der Waals surface area (Å²) in [7, 11) is 0. The number of hydrogen-bond acceptors (Lipinski definition) is 2. The van der Waals surface area contributed by atoms with E-state index in [9.17, 15) is 13.9 Å². The highest BCUT2D eigenvalue weighted by Crippen LogP contribution is 2.34. The molecule has 0 atom stereocenters. The van der Waals surface area contributed by atoms with Gasteiger partial charge in [0, 0.05) is 5.56 Å². The van der Waals surface area contributed by atoms with Crippen LogP contribution in [0.2, 0.25) is 5.02 Å². The first-order valence-corrected chi connectivity index (χ1v) is 6.03. The maximum atomic E-state index is 13.6. The molecule has 2 N–H and O–H groups in total. The van der Waals surface area contributed by atoms with Gasteiger partial charge >= 0.3 is 0 Å². The second-order valence-corrected chi connectivity index (χ2v) is 4.79. The van der Waals surface area contributed by atoms with Gasteiger partial charge in [0.15, 0.2) is 11.6 Å². The van der Waals surface area contributed by atoms with Crippen LogP contribution in [0, 0.1) is 17.6 Å². The Balaban J connectivity index is 2.24. The summed E-state index contributed by atoms with van der Waals surface area (Å²) in [6, 6.07) is 0.804. The summed E-state index contributed by atoms with van der Waals surface area (Å²) in [5.74, 6) is -2.05. The second-order valence-electron chi connectivity index (χ2n) is 4.38. The van der Waals surface area contributed by atoms with Crippen molar-refractivity contribution in [2.45, 2.75) is 19.3 Å². The van der Waals surface area contributed by atoms with E-state index in [1.165, 1.54) is 0 Å². The number of benzene rings is 1. The summed E-state index contributed by atoms with van der Waals surface area (Å²) in [6.45, 7) is 1.74. The van der Waals surface area contributed by atoms with E-state index in [4.69, 9.17) is 11.6 Å². The second kappa shape index (κ2) is 5.19. The van der Waals surface area contributed by atoms with E-state index in [1.54, 1.807) is 0 Å². The Kier molecular flexibility index (Phi) is 3.84. The van der Waals surface area contributed by atoms with Crippen LogP contribution in [0.5, 0.6) is 5.75 Å². The lowest BCUT2D eigenvalue weighted by atomic mass is 9.90. The molecular weight excluding hydrogens is 248 g/mol. The topological polar surface area (TPSA) is 32.3 Å². The third kappa shape index (κ3) is 2.69. The molecule has 2 nitrogen and oxygen atoms in total. The maximum absolute atomic E-state index is 13.6. The third-order valence-corrected chi connectivity index (χ3v) is 3.48. The van der Waals surface area contributed by atoms with Crippen LogP contribution in [0.3, 0.4) is 0 Å². The highest BCUT2D eigenvalue weighted by atomic mass is 35.5. The van der Waals surface area contributed by atoms with Gasteiger partial charge in [-0.15, -0.1) is 0 Å². The number of halogens is 3. The van der Waals surface area contributed by atoms with Crippen molar-refractivity contribution in [3.8, 4) is 5.75 Å². The van der Waals surface area contributed by atoms with Crippen molar-refractivity contribution in [3.05, 3.63) is 28.3 Å². The fourth-order valence-electron chi connectivity index (χ4n) is 2.20. The number of rotatable bonds is 2. The molecule has 0 aliphatic carbocycles. The summed E-state index contributed by atoms with van der Waals surface area (Å²) in [6.07, 6.45) is 2.12. The van der Waals surface area contributed by atoms with Gasteiger partial charge < -0.3 is 10.4 Å². The van der Waals surface area contributed by atoms with Crippen LogP contribution in [-0.4, -0.2) is 18.2 Å². The SMILES string of the molecule is Oc1c(Cl)cc(F)c(F)c1CC1CCNCC1. The predicted octanol–water partition coefficient (Wildman–Crippen LogP) is 2.87. The summed E-state index contributed by atoms with van der Waals surface area (Å²) in [5.41, 5.74) is 0.00176. The molecule has 1 saturated heterocycles. The van der Waals surface area contributed by atoms with Crippen LogP contribution in [0.1, 0.15) is 18.4 Å². The molecule has 0 saturated carbocycles. The molecule has 1 heterocycles. The molecule has 0 spiro atoms. The Labute approximate surface area is 104 Å². The normalized spacial score (nSPS) is 17.4. The molecule has 94 valence electrons. The molecule has 1 aromatic carbocycles. The maximum Gasteiger partial charge on any atom is 0.165 e. The van der Waals surface area contributed by atoms with E-state index in [2.05, 4.69) is 5.32 Å². The zero-order valence-electron chi connectivity index (χ0n) is 9.27. The summed E-state index contributed by atoms with van der Waals surface area (Å²) >= 11 is 5.64. The van der Waals surface area contributed by atoms with Crippen molar-refractivity contribution in [3.63, 3.8) is 0 Å². The zero-order valence-corrected chi connectivity index (χ0v) is 10.0. The van der Waals surface area contributed by atoms with Crippen LogP contribution < -0.4 is 5.32 Å². The fraction of sp³-hybridized carbons (Fsp3) is 0.500. The highest BCUT2D eigenvalue weighted by molar-refractivity contribution is 6.32.